The molecule has 0 atom stereocenters. The second-order valence-corrected chi connectivity index (χ2v) is 8.66. The first-order valence-corrected chi connectivity index (χ1v) is 12.4. The Kier molecular flexibility index (Phi) is 16.9. The lowest BCUT2D eigenvalue weighted by Gasteiger charge is -2.19. The van der Waals surface area contributed by atoms with E-state index in [1.165, 1.54) is 38.5 Å². The Morgan fingerprint density at radius 1 is 0.367 bits per heavy atom. The molecule has 0 N–H and O–H groups in total. The SMILES string of the molecule is C(CCCC1COCCCOCCCOC1)CCC1COCCCOCCCOC1. The third-order valence-corrected chi connectivity index (χ3v) is 5.70. The molecule has 2 aliphatic rings. The van der Waals surface area contributed by atoms with Gasteiger partial charge in [0.05, 0.1) is 26.4 Å². The molecular weight excluding hydrogens is 384 g/mol. The van der Waals surface area contributed by atoms with E-state index >= 15 is 0 Å². The van der Waals surface area contributed by atoms with Crippen LogP contribution in [0, 0.1) is 11.8 Å². The molecule has 0 aromatic heterocycles. The lowest BCUT2D eigenvalue weighted by atomic mass is 9.99. The molecule has 0 aliphatic carbocycles. The van der Waals surface area contributed by atoms with Crippen molar-refractivity contribution in [1.82, 2.24) is 0 Å². The maximum atomic E-state index is 5.84. The zero-order valence-corrected chi connectivity index (χ0v) is 19.2. The van der Waals surface area contributed by atoms with Crippen LogP contribution in [0.15, 0.2) is 0 Å². The third-order valence-electron chi connectivity index (χ3n) is 5.70. The van der Waals surface area contributed by atoms with Gasteiger partial charge in [-0.2, -0.15) is 0 Å². The lowest BCUT2D eigenvalue weighted by molar-refractivity contribution is 0.00548. The summed E-state index contributed by atoms with van der Waals surface area (Å²) in [5.74, 6) is 1.06. The summed E-state index contributed by atoms with van der Waals surface area (Å²) in [5.41, 5.74) is 0. The topological polar surface area (TPSA) is 55.4 Å². The monoisotopic (exact) mass is 430 g/mol. The highest BCUT2D eigenvalue weighted by molar-refractivity contribution is 4.62. The number of unbranched alkanes of at least 4 members (excludes halogenated alkanes) is 3. The van der Waals surface area contributed by atoms with Gasteiger partial charge in [-0.3, -0.25) is 0 Å². The van der Waals surface area contributed by atoms with Gasteiger partial charge in [0.2, 0.25) is 0 Å². The van der Waals surface area contributed by atoms with E-state index < -0.39 is 0 Å². The molecule has 2 aliphatic heterocycles. The predicted molar refractivity (Wildman–Crippen MR) is 118 cm³/mol. The Labute approximate surface area is 184 Å². The highest BCUT2D eigenvalue weighted by Gasteiger charge is 2.12. The van der Waals surface area contributed by atoms with Crippen molar-refractivity contribution in [2.24, 2.45) is 11.8 Å². The molecule has 30 heavy (non-hydrogen) atoms. The second kappa shape index (κ2) is 19.4. The van der Waals surface area contributed by atoms with Crippen molar-refractivity contribution >= 4 is 0 Å². The fourth-order valence-corrected chi connectivity index (χ4v) is 3.91. The number of hydrogen-bond acceptors (Lipinski definition) is 6. The standard InChI is InChI=1S/C24H46O6/c1(3-9-23-19-27-15-5-11-25-12-6-16-28-20-23)2-4-10-24-21-29-17-7-13-26-14-8-18-30-22-24/h23-24H,1-22H2. The maximum absolute atomic E-state index is 5.84. The highest BCUT2D eigenvalue weighted by Crippen LogP contribution is 2.17. The Morgan fingerprint density at radius 2 is 0.667 bits per heavy atom. The molecule has 0 spiro atoms. The van der Waals surface area contributed by atoms with Crippen LogP contribution >= 0.6 is 0 Å². The molecule has 178 valence electrons. The first-order valence-electron chi connectivity index (χ1n) is 12.4. The number of rotatable bonds is 7. The Balaban J connectivity index is 1.52. The quantitative estimate of drug-likeness (QED) is 0.563. The second-order valence-electron chi connectivity index (χ2n) is 8.66. The molecule has 6 heteroatoms. The smallest absolute Gasteiger partial charge is 0.0516 e. The lowest BCUT2D eigenvalue weighted by Crippen LogP contribution is -2.19. The minimum Gasteiger partial charge on any atom is -0.381 e. The van der Waals surface area contributed by atoms with Crippen molar-refractivity contribution in [3.63, 3.8) is 0 Å². The highest BCUT2D eigenvalue weighted by atomic mass is 16.5. The van der Waals surface area contributed by atoms with Crippen LogP contribution in [-0.4, -0.2) is 79.3 Å². The molecule has 0 aromatic carbocycles. The van der Waals surface area contributed by atoms with E-state index in [1.807, 2.05) is 0 Å². The van der Waals surface area contributed by atoms with Crippen LogP contribution in [0.3, 0.4) is 0 Å². The van der Waals surface area contributed by atoms with Gasteiger partial charge in [-0.1, -0.05) is 25.7 Å². The van der Waals surface area contributed by atoms with E-state index in [0.717, 1.165) is 105 Å². The van der Waals surface area contributed by atoms with Crippen LogP contribution in [0.2, 0.25) is 0 Å². The van der Waals surface area contributed by atoms with Crippen molar-refractivity contribution < 1.29 is 28.4 Å². The van der Waals surface area contributed by atoms with Crippen LogP contribution in [0.1, 0.15) is 64.2 Å². The van der Waals surface area contributed by atoms with E-state index in [4.69, 9.17) is 28.4 Å². The molecule has 2 saturated heterocycles. The largest absolute Gasteiger partial charge is 0.381 e. The molecule has 0 bridgehead atoms. The van der Waals surface area contributed by atoms with Crippen LogP contribution in [-0.2, 0) is 28.4 Å². The Bertz CT molecular complexity index is 310. The minimum absolute atomic E-state index is 0.530. The Morgan fingerprint density at radius 3 is 1.00 bits per heavy atom. The average Bonchev–Trinajstić information content (AvgIpc) is 2.73. The van der Waals surface area contributed by atoms with Crippen LogP contribution in [0.5, 0.6) is 0 Å². The van der Waals surface area contributed by atoms with Gasteiger partial charge in [0.1, 0.15) is 0 Å². The van der Waals surface area contributed by atoms with E-state index in [-0.39, 0.29) is 0 Å². The molecule has 0 amide bonds. The average molecular weight is 431 g/mol. The summed E-state index contributed by atoms with van der Waals surface area (Å²) >= 11 is 0. The molecule has 0 unspecified atom stereocenters. The van der Waals surface area contributed by atoms with Crippen LogP contribution < -0.4 is 0 Å². The number of ether oxygens (including phenoxy) is 6. The molecule has 0 saturated carbocycles. The van der Waals surface area contributed by atoms with Gasteiger partial charge in [-0.25, -0.2) is 0 Å². The maximum Gasteiger partial charge on any atom is 0.0516 e. The van der Waals surface area contributed by atoms with Crippen molar-refractivity contribution in [3.8, 4) is 0 Å². The molecule has 0 aromatic rings. The fraction of sp³-hybridized carbons (Fsp3) is 1.00. The van der Waals surface area contributed by atoms with Crippen molar-refractivity contribution in [2.45, 2.75) is 64.2 Å². The van der Waals surface area contributed by atoms with Crippen molar-refractivity contribution in [3.05, 3.63) is 0 Å². The summed E-state index contributed by atoms with van der Waals surface area (Å²) in [6.07, 6.45) is 11.5. The molecular formula is C24H46O6. The first kappa shape index (κ1) is 26.0. The van der Waals surface area contributed by atoms with Crippen molar-refractivity contribution in [1.29, 1.82) is 0 Å². The van der Waals surface area contributed by atoms with E-state index in [1.54, 1.807) is 0 Å². The van der Waals surface area contributed by atoms with Crippen molar-refractivity contribution in [2.75, 3.05) is 79.3 Å². The zero-order chi connectivity index (χ0) is 21.0. The van der Waals surface area contributed by atoms with Gasteiger partial charge in [0.25, 0.3) is 0 Å². The minimum atomic E-state index is 0.530. The fourth-order valence-electron chi connectivity index (χ4n) is 3.91. The molecule has 2 rings (SSSR count). The normalized spacial score (nSPS) is 23.6. The van der Waals surface area contributed by atoms with Gasteiger partial charge >= 0.3 is 0 Å². The third kappa shape index (κ3) is 14.7. The molecule has 0 radical (unpaired) electrons. The summed E-state index contributed by atoms with van der Waals surface area (Å²) < 4.78 is 34.4. The zero-order valence-electron chi connectivity index (χ0n) is 19.2. The van der Waals surface area contributed by atoms with E-state index in [0.29, 0.717) is 11.8 Å². The molecule has 6 nitrogen and oxygen atoms in total. The first-order chi connectivity index (χ1) is 14.9. The summed E-state index contributed by atoms with van der Waals surface area (Å²) in [4.78, 5) is 0. The summed E-state index contributed by atoms with van der Waals surface area (Å²) in [7, 11) is 0. The van der Waals surface area contributed by atoms with Gasteiger partial charge in [-0.05, 0) is 38.5 Å². The molecule has 2 fully saturated rings. The summed E-state index contributed by atoms with van der Waals surface area (Å²) in [5, 5.41) is 0. The molecule has 2 heterocycles. The number of hydrogen-bond donors (Lipinski definition) is 0. The Hall–Kier alpha value is -0.240. The van der Waals surface area contributed by atoms with Crippen LogP contribution in [0.25, 0.3) is 0 Å². The van der Waals surface area contributed by atoms with E-state index in [2.05, 4.69) is 0 Å². The predicted octanol–water partition coefficient (Wildman–Crippen LogP) is 4.25. The van der Waals surface area contributed by atoms with Gasteiger partial charge in [-0.15, -0.1) is 0 Å². The van der Waals surface area contributed by atoms with E-state index in [9.17, 15) is 0 Å². The summed E-state index contributed by atoms with van der Waals surface area (Å²) in [6.45, 7) is 9.69. The van der Waals surface area contributed by atoms with Gasteiger partial charge in [0, 0.05) is 64.7 Å². The van der Waals surface area contributed by atoms with Gasteiger partial charge < -0.3 is 28.4 Å². The van der Waals surface area contributed by atoms with Crippen LogP contribution in [0.4, 0.5) is 0 Å². The summed E-state index contributed by atoms with van der Waals surface area (Å²) in [6, 6.07) is 0. The van der Waals surface area contributed by atoms with Gasteiger partial charge in [0.15, 0.2) is 0 Å².